The molecule has 1 aromatic rings. The van der Waals surface area contributed by atoms with E-state index >= 15 is 0 Å². The number of amides is 1. The fourth-order valence-corrected chi connectivity index (χ4v) is 5.61. The zero-order valence-corrected chi connectivity index (χ0v) is 20.3. The number of alkyl halides is 1. The van der Waals surface area contributed by atoms with Crippen molar-refractivity contribution in [1.29, 1.82) is 0 Å². The number of halogens is 4. The maximum absolute atomic E-state index is 14.8. The summed E-state index contributed by atoms with van der Waals surface area (Å²) in [4.78, 5) is 21.9. The summed E-state index contributed by atoms with van der Waals surface area (Å²) >= 11 is 5.89. The summed E-state index contributed by atoms with van der Waals surface area (Å²) in [7, 11) is 0. The van der Waals surface area contributed by atoms with Crippen molar-refractivity contribution in [3.05, 3.63) is 34.4 Å². The first-order valence-electron chi connectivity index (χ1n) is 10.2. The monoisotopic (exact) mass is 451 g/mol. The molecule has 3 aliphatic carbocycles. The number of carbonyl (C=O) groups is 1. The Morgan fingerprint density at radius 3 is 2.27 bits per heavy atom. The first kappa shape index (κ1) is 25.7. The van der Waals surface area contributed by atoms with Gasteiger partial charge in [0.2, 0.25) is 5.91 Å². The molecular weight excluding hydrogens is 426 g/mol. The summed E-state index contributed by atoms with van der Waals surface area (Å²) in [5, 5.41) is 2.77. The van der Waals surface area contributed by atoms with Crippen LogP contribution < -0.4 is 34.9 Å². The maximum atomic E-state index is 14.8. The third-order valence-corrected chi connectivity index (χ3v) is 7.05. The number of nitrogens with one attached hydrogen (secondary N) is 1. The number of rotatable bonds is 4. The molecule has 0 heterocycles. The van der Waals surface area contributed by atoms with Gasteiger partial charge in [-0.15, -0.1) is 0 Å². The molecule has 160 valence electrons. The van der Waals surface area contributed by atoms with E-state index in [-0.39, 0.29) is 58.5 Å². The molecule has 1 amide bonds. The Bertz CT molecular complexity index is 778. The molecule has 1 unspecified atom stereocenters. The van der Waals surface area contributed by atoms with Crippen molar-refractivity contribution in [3.63, 3.8) is 0 Å². The van der Waals surface area contributed by atoms with E-state index in [9.17, 15) is 18.0 Å². The van der Waals surface area contributed by atoms with Gasteiger partial charge in [0.05, 0.1) is 10.9 Å². The molecule has 0 radical (unpaired) electrons. The van der Waals surface area contributed by atoms with Crippen LogP contribution in [0.4, 0.5) is 13.2 Å². The molecule has 0 aromatic heterocycles. The van der Waals surface area contributed by atoms with Crippen molar-refractivity contribution in [2.24, 2.45) is 5.41 Å². The van der Waals surface area contributed by atoms with Crippen LogP contribution in [0.1, 0.15) is 76.2 Å². The number of carbonyl (C=O) groups excluding carboxylic acids is 2. The summed E-state index contributed by atoms with van der Waals surface area (Å²) < 4.78 is 44.3. The summed E-state index contributed by atoms with van der Waals surface area (Å²) in [5.41, 5.74) is -2.33. The molecule has 8 heteroatoms. The molecular formula is C22H26ClF3NNaO2. The summed E-state index contributed by atoms with van der Waals surface area (Å²) in [6.07, 6.45) is 7.15. The van der Waals surface area contributed by atoms with Crippen LogP contribution in [0.3, 0.4) is 0 Å². The SMILES string of the molecule is C[C-]=O.O=C(NC1CCCC1)C(c1c(F)ccc(Cl)c1F)C12CCC(F)(CC1)C2.[Na+]. The van der Waals surface area contributed by atoms with Crippen molar-refractivity contribution in [3.8, 4) is 0 Å². The van der Waals surface area contributed by atoms with Gasteiger partial charge in [0.1, 0.15) is 17.3 Å². The summed E-state index contributed by atoms with van der Waals surface area (Å²) in [5.74, 6) is -3.10. The maximum Gasteiger partial charge on any atom is 1.00 e. The van der Waals surface area contributed by atoms with Gasteiger partial charge in [-0.1, -0.05) is 24.4 Å². The topological polar surface area (TPSA) is 46.2 Å². The minimum Gasteiger partial charge on any atom is -0.542 e. The van der Waals surface area contributed by atoms with E-state index in [4.69, 9.17) is 16.4 Å². The predicted molar refractivity (Wildman–Crippen MR) is 105 cm³/mol. The quantitative estimate of drug-likeness (QED) is 0.434. The van der Waals surface area contributed by atoms with Crippen molar-refractivity contribution >= 4 is 23.8 Å². The molecule has 0 spiro atoms. The first-order chi connectivity index (χ1) is 13.7. The zero-order chi connectivity index (χ0) is 21.2. The van der Waals surface area contributed by atoms with Crippen LogP contribution in [0.5, 0.6) is 0 Å². The fraction of sp³-hybridized carbons (Fsp3) is 0.636. The minimum atomic E-state index is -1.31. The van der Waals surface area contributed by atoms with E-state index in [1.54, 1.807) is 0 Å². The average molecular weight is 452 g/mol. The van der Waals surface area contributed by atoms with E-state index < -0.39 is 28.6 Å². The molecule has 4 rings (SSSR count). The Morgan fingerprint density at radius 1 is 1.20 bits per heavy atom. The zero-order valence-electron chi connectivity index (χ0n) is 17.5. The number of hydrogen-bond acceptors (Lipinski definition) is 2. The molecule has 3 aliphatic rings. The predicted octanol–water partition coefficient (Wildman–Crippen LogP) is 2.55. The van der Waals surface area contributed by atoms with Gasteiger partial charge in [-0.2, -0.15) is 6.92 Å². The molecule has 0 aliphatic heterocycles. The van der Waals surface area contributed by atoms with Crippen molar-refractivity contribution in [2.75, 3.05) is 0 Å². The molecule has 3 saturated carbocycles. The second-order valence-electron chi connectivity index (χ2n) is 8.57. The van der Waals surface area contributed by atoms with Gasteiger partial charge in [-0.05, 0) is 62.5 Å². The van der Waals surface area contributed by atoms with Crippen LogP contribution in [0, 0.1) is 17.0 Å². The number of fused-ring (bicyclic) bond motifs is 2. The third-order valence-electron chi connectivity index (χ3n) is 6.75. The first-order valence-corrected chi connectivity index (χ1v) is 10.5. The smallest absolute Gasteiger partial charge is 0.542 e. The molecule has 3 nitrogen and oxygen atoms in total. The van der Waals surface area contributed by atoms with E-state index in [2.05, 4.69) is 5.32 Å². The Hall–Kier alpha value is -0.560. The van der Waals surface area contributed by atoms with Gasteiger partial charge in [0, 0.05) is 11.6 Å². The van der Waals surface area contributed by atoms with E-state index in [0.717, 1.165) is 37.8 Å². The molecule has 1 N–H and O–H groups in total. The summed E-state index contributed by atoms with van der Waals surface area (Å²) in [6.45, 7) is 1.32. The number of benzene rings is 1. The normalized spacial score (nSPS) is 28.3. The van der Waals surface area contributed by atoms with Gasteiger partial charge >= 0.3 is 29.6 Å². The van der Waals surface area contributed by atoms with Gasteiger partial charge in [-0.25, -0.2) is 13.2 Å². The minimum absolute atomic E-state index is 0. The molecule has 3 fully saturated rings. The Labute approximate surface area is 202 Å². The van der Waals surface area contributed by atoms with E-state index in [1.807, 2.05) is 0 Å². The molecule has 30 heavy (non-hydrogen) atoms. The van der Waals surface area contributed by atoms with Crippen LogP contribution in [-0.4, -0.2) is 23.9 Å². The van der Waals surface area contributed by atoms with Gasteiger partial charge < -0.3 is 10.1 Å². The van der Waals surface area contributed by atoms with Gasteiger partial charge in [-0.3, -0.25) is 11.1 Å². The second kappa shape index (κ2) is 10.4. The van der Waals surface area contributed by atoms with Crippen LogP contribution in [0.25, 0.3) is 0 Å². The van der Waals surface area contributed by atoms with Gasteiger partial charge in [0.15, 0.2) is 0 Å². The molecule has 2 bridgehead atoms. The van der Waals surface area contributed by atoms with Crippen molar-refractivity contribution < 1.29 is 52.3 Å². The standard InChI is InChI=1S/C20H23ClF3NO.C2H3O.Na/c21-13-5-6-14(22)15(17(13)23)16(18(26)25-12-3-1-2-4-12)19-7-9-20(24,11-19)10-8-19;1-2-3;/h5-6,12,16H,1-4,7-11H2,(H,25,26);1H3;/q;-1;+1. The van der Waals surface area contributed by atoms with E-state index in [0.29, 0.717) is 25.7 Å². The van der Waals surface area contributed by atoms with Crippen LogP contribution in [0.15, 0.2) is 12.1 Å². The Balaban J connectivity index is 0.000000757. The van der Waals surface area contributed by atoms with E-state index in [1.165, 1.54) is 13.2 Å². The molecule has 1 aromatic carbocycles. The number of hydrogen-bond donors (Lipinski definition) is 1. The summed E-state index contributed by atoms with van der Waals surface area (Å²) in [6, 6.07) is 2.28. The van der Waals surface area contributed by atoms with Crippen LogP contribution in [0.2, 0.25) is 5.02 Å². The molecule has 0 saturated heterocycles. The fourth-order valence-electron chi connectivity index (χ4n) is 5.45. The second-order valence-corrected chi connectivity index (χ2v) is 8.98. The van der Waals surface area contributed by atoms with Crippen LogP contribution in [-0.2, 0) is 9.59 Å². The Kier molecular flexibility index (Phi) is 8.88. The average Bonchev–Trinajstić information content (AvgIpc) is 3.38. The molecule has 1 atom stereocenters. The third kappa shape index (κ3) is 5.08. The van der Waals surface area contributed by atoms with Crippen molar-refractivity contribution in [2.45, 2.75) is 82.3 Å². The largest absolute Gasteiger partial charge is 1.00 e. The van der Waals surface area contributed by atoms with Gasteiger partial charge in [0.25, 0.3) is 0 Å². The Morgan fingerprint density at radius 2 is 1.77 bits per heavy atom. The van der Waals surface area contributed by atoms with Crippen LogP contribution >= 0.6 is 11.6 Å². The van der Waals surface area contributed by atoms with Crippen molar-refractivity contribution in [1.82, 2.24) is 5.32 Å².